The van der Waals surface area contributed by atoms with E-state index in [1.165, 1.54) is 29.5 Å². The van der Waals surface area contributed by atoms with E-state index in [0.29, 0.717) is 15.3 Å². The third-order valence-electron chi connectivity index (χ3n) is 2.49. The maximum atomic E-state index is 12.1. The molecule has 0 aliphatic rings. The Kier molecular flexibility index (Phi) is 5.41. The molecule has 0 aliphatic carbocycles. The number of hydrogen-bond acceptors (Lipinski definition) is 4. The van der Waals surface area contributed by atoms with Gasteiger partial charge in [-0.2, -0.15) is 0 Å². The number of aliphatic imine (C=N–C) groups is 1. The van der Waals surface area contributed by atoms with Crippen molar-refractivity contribution < 1.29 is 17.9 Å². The SMILES string of the molecule is CC(=Nc1nc2ccc(OC(F)(F)F)cc2s1)N(C)C.Cl. The van der Waals surface area contributed by atoms with Gasteiger partial charge in [0, 0.05) is 20.2 Å². The molecular formula is C12H13ClF3N3OS. The van der Waals surface area contributed by atoms with Crippen molar-refractivity contribution >= 4 is 44.9 Å². The van der Waals surface area contributed by atoms with Gasteiger partial charge in [0.25, 0.3) is 0 Å². The highest BCUT2D eigenvalue weighted by Gasteiger charge is 2.31. The van der Waals surface area contributed by atoms with E-state index in [9.17, 15) is 13.2 Å². The molecule has 0 bridgehead atoms. The molecule has 0 saturated heterocycles. The minimum absolute atomic E-state index is 0. The van der Waals surface area contributed by atoms with Crippen LogP contribution in [0.4, 0.5) is 18.3 Å². The lowest BCUT2D eigenvalue weighted by Crippen LogP contribution is -2.17. The van der Waals surface area contributed by atoms with Crippen LogP contribution in [0.25, 0.3) is 10.2 Å². The molecule has 0 fully saturated rings. The van der Waals surface area contributed by atoms with Crippen LogP contribution < -0.4 is 4.74 Å². The second-order valence-corrected chi connectivity index (χ2v) is 5.24. The number of benzene rings is 1. The number of hydrogen-bond donors (Lipinski definition) is 0. The molecule has 4 nitrogen and oxygen atoms in total. The number of aromatic nitrogens is 1. The highest BCUT2D eigenvalue weighted by molar-refractivity contribution is 7.22. The van der Waals surface area contributed by atoms with Crippen LogP contribution in [-0.2, 0) is 0 Å². The summed E-state index contributed by atoms with van der Waals surface area (Å²) in [4.78, 5) is 10.4. The predicted molar refractivity (Wildman–Crippen MR) is 80.0 cm³/mol. The van der Waals surface area contributed by atoms with Crippen LogP contribution in [0.3, 0.4) is 0 Å². The summed E-state index contributed by atoms with van der Waals surface area (Å²) >= 11 is 1.21. The Morgan fingerprint density at radius 1 is 1.33 bits per heavy atom. The molecule has 9 heteroatoms. The average Bonchev–Trinajstić information content (AvgIpc) is 2.68. The fourth-order valence-corrected chi connectivity index (χ4v) is 2.29. The molecule has 2 aromatic rings. The van der Waals surface area contributed by atoms with Crippen molar-refractivity contribution in [2.24, 2.45) is 4.99 Å². The van der Waals surface area contributed by atoms with Crippen LogP contribution in [0.1, 0.15) is 6.92 Å². The summed E-state index contributed by atoms with van der Waals surface area (Å²) in [6.45, 7) is 1.82. The number of halogens is 4. The summed E-state index contributed by atoms with van der Waals surface area (Å²) in [7, 11) is 3.70. The lowest BCUT2D eigenvalue weighted by atomic mass is 10.3. The summed E-state index contributed by atoms with van der Waals surface area (Å²) in [5, 5.41) is 0.496. The molecule has 21 heavy (non-hydrogen) atoms. The monoisotopic (exact) mass is 339 g/mol. The van der Waals surface area contributed by atoms with Crippen molar-refractivity contribution in [1.29, 1.82) is 0 Å². The van der Waals surface area contributed by atoms with E-state index in [4.69, 9.17) is 0 Å². The normalized spacial score (nSPS) is 12.2. The molecule has 0 atom stereocenters. The second-order valence-electron chi connectivity index (χ2n) is 4.23. The molecule has 0 saturated carbocycles. The Bertz CT molecular complexity index is 655. The molecule has 2 rings (SSSR count). The quantitative estimate of drug-likeness (QED) is 0.607. The molecule has 1 aromatic heterocycles. The molecule has 0 amide bonds. The third kappa shape index (κ3) is 4.75. The molecule has 116 valence electrons. The van der Waals surface area contributed by atoms with Crippen molar-refractivity contribution in [2.75, 3.05) is 14.1 Å². The zero-order valence-electron chi connectivity index (χ0n) is 11.4. The van der Waals surface area contributed by atoms with Crippen molar-refractivity contribution in [3.05, 3.63) is 18.2 Å². The Labute approximate surface area is 129 Å². The van der Waals surface area contributed by atoms with Crippen LogP contribution >= 0.6 is 23.7 Å². The van der Waals surface area contributed by atoms with Crippen molar-refractivity contribution in [3.8, 4) is 5.75 Å². The first-order valence-corrected chi connectivity index (χ1v) is 6.45. The summed E-state index contributed by atoms with van der Waals surface area (Å²) in [6.07, 6.45) is -4.69. The molecule has 0 N–H and O–H groups in total. The molecule has 0 unspecified atom stereocenters. The van der Waals surface area contributed by atoms with E-state index in [0.717, 1.165) is 5.84 Å². The van der Waals surface area contributed by atoms with Crippen LogP contribution in [0.5, 0.6) is 5.75 Å². The second kappa shape index (κ2) is 6.48. The van der Waals surface area contributed by atoms with Crippen LogP contribution in [0.15, 0.2) is 23.2 Å². The average molecular weight is 340 g/mol. The van der Waals surface area contributed by atoms with Gasteiger partial charge in [-0.25, -0.2) is 9.98 Å². The zero-order valence-corrected chi connectivity index (χ0v) is 13.1. The fourth-order valence-electron chi connectivity index (χ4n) is 1.38. The zero-order chi connectivity index (χ0) is 14.9. The topological polar surface area (TPSA) is 37.7 Å². The van der Waals surface area contributed by atoms with Gasteiger partial charge in [0.1, 0.15) is 11.6 Å². The first kappa shape index (κ1) is 17.5. The number of thiazole rings is 1. The van der Waals surface area contributed by atoms with Gasteiger partial charge in [-0.15, -0.1) is 25.6 Å². The number of nitrogens with zero attached hydrogens (tertiary/aromatic N) is 3. The van der Waals surface area contributed by atoms with E-state index >= 15 is 0 Å². The van der Waals surface area contributed by atoms with Crippen molar-refractivity contribution in [2.45, 2.75) is 13.3 Å². The van der Waals surface area contributed by atoms with Gasteiger partial charge in [0.05, 0.1) is 10.2 Å². The first-order valence-electron chi connectivity index (χ1n) is 5.63. The van der Waals surface area contributed by atoms with Crippen LogP contribution in [-0.4, -0.2) is 36.2 Å². The molecular weight excluding hydrogens is 327 g/mol. The maximum Gasteiger partial charge on any atom is 0.573 e. The molecule has 0 radical (unpaired) electrons. The van der Waals surface area contributed by atoms with Gasteiger partial charge in [0.2, 0.25) is 5.13 Å². The maximum absolute atomic E-state index is 12.1. The summed E-state index contributed by atoms with van der Waals surface area (Å²) < 4.78 is 40.9. The molecule has 1 aromatic carbocycles. The van der Waals surface area contributed by atoms with Gasteiger partial charge >= 0.3 is 6.36 Å². The van der Waals surface area contributed by atoms with Crippen LogP contribution in [0.2, 0.25) is 0 Å². The number of rotatable bonds is 2. The lowest BCUT2D eigenvalue weighted by Gasteiger charge is -2.09. The van der Waals surface area contributed by atoms with Gasteiger partial charge in [-0.1, -0.05) is 11.3 Å². The molecule has 0 aliphatic heterocycles. The minimum atomic E-state index is -4.69. The van der Waals surface area contributed by atoms with Crippen molar-refractivity contribution in [1.82, 2.24) is 9.88 Å². The van der Waals surface area contributed by atoms with E-state index in [1.807, 2.05) is 25.9 Å². The number of fused-ring (bicyclic) bond motifs is 1. The lowest BCUT2D eigenvalue weighted by molar-refractivity contribution is -0.274. The van der Waals surface area contributed by atoms with Gasteiger partial charge in [-0.05, 0) is 19.1 Å². The fraction of sp³-hybridized carbons (Fsp3) is 0.333. The third-order valence-corrected chi connectivity index (χ3v) is 3.40. The van der Waals surface area contributed by atoms with Gasteiger partial charge in [0.15, 0.2) is 0 Å². The first-order chi connectivity index (χ1) is 9.24. The molecule has 1 heterocycles. The van der Waals surface area contributed by atoms with Crippen LogP contribution in [0, 0.1) is 0 Å². The number of alkyl halides is 3. The Balaban J connectivity index is 0.00000220. The van der Waals surface area contributed by atoms with E-state index in [1.54, 1.807) is 0 Å². The highest BCUT2D eigenvalue weighted by Crippen LogP contribution is 2.32. The van der Waals surface area contributed by atoms with E-state index in [2.05, 4.69) is 14.7 Å². The predicted octanol–water partition coefficient (Wildman–Crippen LogP) is 4.23. The Morgan fingerprint density at radius 3 is 2.57 bits per heavy atom. The number of amidine groups is 1. The minimum Gasteiger partial charge on any atom is -0.406 e. The van der Waals surface area contributed by atoms with Gasteiger partial charge < -0.3 is 9.64 Å². The van der Waals surface area contributed by atoms with E-state index in [-0.39, 0.29) is 18.2 Å². The van der Waals surface area contributed by atoms with Gasteiger partial charge in [-0.3, -0.25) is 0 Å². The Morgan fingerprint density at radius 2 is 2.00 bits per heavy atom. The Hall–Kier alpha value is -1.54. The summed E-state index contributed by atoms with van der Waals surface area (Å²) in [5.74, 6) is 0.504. The molecule has 0 spiro atoms. The van der Waals surface area contributed by atoms with E-state index < -0.39 is 6.36 Å². The number of ether oxygens (including phenoxy) is 1. The summed E-state index contributed by atoms with van der Waals surface area (Å²) in [5.41, 5.74) is 0.592. The van der Waals surface area contributed by atoms with Crippen molar-refractivity contribution in [3.63, 3.8) is 0 Å². The smallest absolute Gasteiger partial charge is 0.406 e. The largest absolute Gasteiger partial charge is 0.573 e. The highest BCUT2D eigenvalue weighted by atomic mass is 35.5. The summed E-state index contributed by atoms with van der Waals surface area (Å²) in [6, 6.07) is 4.03. The standard InChI is InChI=1S/C12H12F3N3OS.ClH/c1-7(18(2)3)16-11-17-9-5-4-8(6-10(9)20-11)19-12(13,14)15;/h4-6H,1-3H3;1H.